The normalized spacial score (nSPS) is 25.2. The lowest BCUT2D eigenvalue weighted by Gasteiger charge is -2.45. The second-order valence-corrected chi connectivity index (χ2v) is 6.37. The predicted molar refractivity (Wildman–Crippen MR) is 93.5 cm³/mol. The molecule has 0 aromatic heterocycles. The SMILES string of the molecule is COc1ccc2ccccc2c1C1NC(=O)NC2C1C(=O)NC(=O)N2C. The Kier molecular flexibility index (Phi) is 3.68. The standard InChI is InChI=1S/C18H18N4O4/c1-22-15-13(16(23)21-18(22)25)14(19-17(24)20-15)12-10-6-4-3-5-9(10)7-8-11(12)26-2/h3-8,13-15H,1-2H3,(H2,19,20,24)(H,21,23,25). The minimum Gasteiger partial charge on any atom is -0.496 e. The fourth-order valence-corrected chi connectivity index (χ4v) is 3.74. The number of hydrogen-bond acceptors (Lipinski definition) is 4. The van der Waals surface area contributed by atoms with E-state index in [4.69, 9.17) is 4.74 Å². The highest BCUT2D eigenvalue weighted by atomic mass is 16.5. The highest BCUT2D eigenvalue weighted by Gasteiger charge is 2.49. The number of imide groups is 1. The number of hydrogen-bond donors (Lipinski definition) is 3. The second kappa shape index (κ2) is 5.91. The number of carbonyl (C=O) groups is 3. The summed E-state index contributed by atoms with van der Waals surface area (Å²) in [6.45, 7) is 0. The monoisotopic (exact) mass is 354 g/mol. The van der Waals surface area contributed by atoms with Crippen molar-refractivity contribution in [2.45, 2.75) is 12.2 Å². The third-order valence-corrected chi connectivity index (χ3v) is 5.00. The molecule has 2 fully saturated rings. The summed E-state index contributed by atoms with van der Waals surface area (Å²) >= 11 is 0. The molecule has 0 spiro atoms. The topological polar surface area (TPSA) is 99.8 Å². The molecule has 2 aliphatic heterocycles. The van der Waals surface area contributed by atoms with E-state index in [-0.39, 0.29) is 0 Å². The van der Waals surface area contributed by atoms with Gasteiger partial charge in [-0.15, -0.1) is 0 Å². The van der Waals surface area contributed by atoms with E-state index in [1.165, 1.54) is 4.90 Å². The Morgan fingerprint density at radius 3 is 2.58 bits per heavy atom. The van der Waals surface area contributed by atoms with Crippen molar-refractivity contribution in [2.75, 3.05) is 14.2 Å². The van der Waals surface area contributed by atoms with Gasteiger partial charge in [0.1, 0.15) is 17.8 Å². The van der Waals surface area contributed by atoms with Gasteiger partial charge in [0, 0.05) is 12.6 Å². The zero-order valence-corrected chi connectivity index (χ0v) is 14.3. The average Bonchev–Trinajstić information content (AvgIpc) is 2.64. The van der Waals surface area contributed by atoms with Gasteiger partial charge < -0.3 is 20.3 Å². The molecule has 3 atom stereocenters. The Morgan fingerprint density at radius 1 is 1.04 bits per heavy atom. The molecular weight excluding hydrogens is 336 g/mol. The largest absolute Gasteiger partial charge is 0.496 e. The lowest BCUT2D eigenvalue weighted by molar-refractivity contribution is -0.130. The number of carbonyl (C=O) groups excluding carboxylic acids is 3. The molecule has 8 heteroatoms. The molecule has 2 aromatic rings. The van der Waals surface area contributed by atoms with Gasteiger partial charge in [-0.3, -0.25) is 10.1 Å². The van der Waals surface area contributed by atoms with Crippen LogP contribution < -0.4 is 20.7 Å². The molecule has 4 rings (SSSR count). The summed E-state index contributed by atoms with van der Waals surface area (Å²) in [4.78, 5) is 38.2. The fraction of sp³-hybridized carbons (Fsp3) is 0.278. The summed E-state index contributed by atoms with van der Waals surface area (Å²) in [5, 5.41) is 9.69. The van der Waals surface area contributed by atoms with Gasteiger partial charge in [0.15, 0.2) is 0 Å². The highest BCUT2D eigenvalue weighted by Crippen LogP contribution is 2.40. The van der Waals surface area contributed by atoms with Gasteiger partial charge in [0.05, 0.1) is 13.2 Å². The van der Waals surface area contributed by atoms with Crippen molar-refractivity contribution in [2.24, 2.45) is 5.92 Å². The Hall–Kier alpha value is -3.29. The van der Waals surface area contributed by atoms with Crippen molar-refractivity contribution >= 4 is 28.7 Å². The van der Waals surface area contributed by atoms with Crippen LogP contribution in [0.4, 0.5) is 9.59 Å². The van der Waals surface area contributed by atoms with Crippen LogP contribution >= 0.6 is 0 Å². The molecule has 2 aromatic carbocycles. The summed E-state index contributed by atoms with van der Waals surface area (Å²) in [6.07, 6.45) is -0.737. The lowest BCUT2D eigenvalue weighted by Crippen LogP contribution is -2.71. The minimum absolute atomic E-state index is 0.439. The van der Waals surface area contributed by atoms with Crippen LogP contribution in [-0.4, -0.2) is 43.2 Å². The maximum atomic E-state index is 12.6. The highest BCUT2D eigenvalue weighted by molar-refractivity contribution is 6.01. The van der Waals surface area contributed by atoms with Crippen LogP contribution in [0.3, 0.4) is 0 Å². The van der Waals surface area contributed by atoms with Gasteiger partial charge in [-0.05, 0) is 16.8 Å². The van der Waals surface area contributed by atoms with Gasteiger partial charge in [-0.1, -0.05) is 30.3 Å². The molecule has 0 aliphatic carbocycles. The molecule has 2 aliphatic rings. The Morgan fingerprint density at radius 2 is 1.81 bits per heavy atom. The van der Waals surface area contributed by atoms with E-state index in [9.17, 15) is 14.4 Å². The molecule has 2 saturated heterocycles. The Labute approximate surface area is 149 Å². The molecule has 3 N–H and O–H groups in total. The maximum absolute atomic E-state index is 12.6. The summed E-state index contributed by atoms with van der Waals surface area (Å²) in [5.74, 6) is -0.567. The smallest absolute Gasteiger partial charge is 0.325 e. The van der Waals surface area contributed by atoms with Crippen LogP contribution in [0.1, 0.15) is 11.6 Å². The number of nitrogens with zero attached hydrogens (tertiary/aromatic N) is 1. The van der Waals surface area contributed by atoms with Crippen molar-refractivity contribution in [1.82, 2.24) is 20.9 Å². The van der Waals surface area contributed by atoms with Crippen molar-refractivity contribution in [3.05, 3.63) is 42.0 Å². The molecule has 5 amide bonds. The minimum atomic E-state index is -0.737. The number of fused-ring (bicyclic) bond motifs is 2. The van der Waals surface area contributed by atoms with Crippen LogP contribution in [0, 0.1) is 5.92 Å². The van der Waals surface area contributed by atoms with E-state index < -0.39 is 36.1 Å². The number of methoxy groups -OCH3 is 1. The van der Waals surface area contributed by atoms with E-state index >= 15 is 0 Å². The molecule has 0 radical (unpaired) electrons. The van der Waals surface area contributed by atoms with Gasteiger partial charge in [0.2, 0.25) is 5.91 Å². The molecule has 134 valence electrons. The first-order chi connectivity index (χ1) is 12.5. The number of amides is 5. The number of ether oxygens (including phenoxy) is 1. The first kappa shape index (κ1) is 16.2. The quantitative estimate of drug-likeness (QED) is 0.757. The third kappa shape index (κ3) is 2.33. The van der Waals surface area contributed by atoms with Crippen molar-refractivity contribution in [3.8, 4) is 5.75 Å². The van der Waals surface area contributed by atoms with E-state index in [1.54, 1.807) is 14.2 Å². The molecule has 26 heavy (non-hydrogen) atoms. The third-order valence-electron chi connectivity index (χ3n) is 5.00. The number of urea groups is 2. The summed E-state index contributed by atoms with van der Waals surface area (Å²) in [7, 11) is 3.09. The number of rotatable bonds is 2. The van der Waals surface area contributed by atoms with Crippen molar-refractivity contribution in [1.29, 1.82) is 0 Å². The van der Waals surface area contributed by atoms with Gasteiger partial charge in [-0.2, -0.15) is 0 Å². The second-order valence-electron chi connectivity index (χ2n) is 6.37. The van der Waals surface area contributed by atoms with Crippen LogP contribution in [0.25, 0.3) is 10.8 Å². The zero-order valence-electron chi connectivity index (χ0n) is 14.3. The maximum Gasteiger partial charge on any atom is 0.325 e. The van der Waals surface area contributed by atoms with Crippen LogP contribution in [0.5, 0.6) is 5.75 Å². The first-order valence-corrected chi connectivity index (χ1v) is 8.21. The van der Waals surface area contributed by atoms with E-state index in [1.807, 2.05) is 36.4 Å². The van der Waals surface area contributed by atoms with E-state index in [0.29, 0.717) is 11.3 Å². The summed E-state index contributed by atoms with van der Waals surface area (Å²) in [5.41, 5.74) is 0.716. The molecule has 0 bridgehead atoms. The van der Waals surface area contributed by atoms with Crippen molar-refractivity contribution < 1.29 is 19.1 Å². The predicted octanol–water partition coefficient (Wildman–Crippen LogP) is 1.33. The molecule has 2 heterocycles. The van der Waals surface area contributed by atoms with Gasteiger partial charge >= 0.3 is 12.1 Å². The Balaban J connectivity index is 1.91. The van der Waals surface area contributed by atoms with E-state index in [2.05, 4.69) is 16.0 Å². The molecule has 0 saturated carbocycles. The van der Waals surface area contributed by atoms with Gasteiger partial charge in [0.25, 0.3) is 0 Å². The molecular formula is C18H18N4O4. The van der Waals surface area contributed by atoms with Crippen LogP contribution in [-0.2, 0) is 4.79 Å². The number of nitrogens with one attached hydrogen (secondary N) is 3. The van der Waals surface area contributed by atoms with Crippen molar-refractivity contribution in [3.63, 3.8) is 0 Å². The van der Waals surface area contributed by atoms with E-state index in [0.717, 1.165) is 10.8 Å². The summed E-state index contributed by atoms with van der Waals surface area (Å²) < 4.78 is 5.52. The zero-order chi connectivity index (χ0) is 18.4. The summed E-state index contributed by atoms with van der Waals surface area (Å²) in [6, 6.07) is 9.80. The Bertz CT molecular complexity index is 929. The first-order valence-electron chi connectivity index (χ1n) is 8.21. The number of benzene rings is 2. The fourth-order valence-electron chi connectivity index (χ4n) is 3.74. The van der Waals surface area contributed by atoms with Gasteiger partial charge in [-0.25, -0.2) is 9.59 Å². The lowest BCUT2D eigenvalue weighted by atomic mass is 9.83. The van der Waals surface area contributed by atoms with Crippen LogP contribution in [0.15, 0.2) is 36.4 Å². The molecule has 3 unspecified atom stereocenters. The average molecular weight is 354 g/mol. The molecule has 8 nitrogen and oxygen atoms in total. The van der Waals surface area contributed by atoms with Crippen LogP contribution in [0.2, 0.25) is 0 Å².